The molecule has 6 nitrogen and oxygen atoms in total. The first-order valence-electron chi connectivity index (χ1n) is 9.05. The molecule has 148 valence electrons. The SMILES string of the molecule is COc1ccc(/C=C/C(=O)NC(C)C(=O)NCc2ccc(N(C)C)cc2)cc1. The van der Waals surface area contributed by atoms with Crippen LogP contribution in [0.1, 0.15) is 18.1 Å². The Kier molecular flexibility index (Phi) is 7.63. The molecule has 1 atom stereocenters. The van der Waals surface area contributed by atoms with E-state index < -0.39 is 6.04 Å². The molecule has 2 rings (SSSR count). The normalized spacial score (nSPS) is 11.7. The molecule has 0 saturated carbocycles. The molecule has 0 radical (unpaired) electrons. The van der Waals surface area contributed by atoms with Crippen molar-refractivity contribution in [1.29, 1.82) is 0 Å². The molecular formula is C22H27N3O3. The van der Waals surface area contributed by atoms with Crippen molar-refractivity contribution in [2.75, 3.05) is 26.1 Å². The zero-order valence-corrected chi connectivity index (χ0v) is 16.7. The van der Waals surface area contributed by atoms with E-state index in [0.29, 0.717) is 6.54 Å². The number of rotatable bonds is 8. The molecule has 0 aliphatic carbocycles. The number of ether oxygens (including phenoxy) is 1. The van der Waals surface area contributed by atoms with Crippen LogP contribution in [0.5, 0.6) is 5.75 Å². The summed E-state index contributed by atoms with van der Waals surface area (Å²) >= 11 is 0. The third kappa shape index (κ3) is 6.46. The van der Waals surface area contributed by atoms with E-state index in [4.69, 9.17) is 4.74 Å². The van der Waals surface area contributed by atoms with E-state index in [2.05, 4.69) is 10.6 Å². The molecule has 2 amide bonds. The predicted molar refractivity (Wildman–Crippen MR) is 112 cm³/mol. The number of carbonyl (C=O) groups is 2. The monoisotopic (exact) mass is 381 g/mol. The molecule has 0 spiro atoms. The predicted octanol–water partition coefficient (Wildman–Crippen LogP) is 2.60. The maximum absolute atomic E-state index is 12.2. The number of hydrogen-bond acceptors (Lipinski definition) is 4. The van der Waals surface area contributed by atoms with Gasteiger partial charge in [0.05, 0.1) is 7.11 Å². The Hall–Kier alpha value is -3.28. The van der Waals surface area contributed by atoms with Crippen LogP contribution in [0.2, 0.25) is 0 Å². The van der Waals surface area contributed by atoms with Crippen LogP contribution in [0.25, 0.3) is 6.08 Å². The van der Waals surface area contributed by atoms with Gasteiger partial charge in [-0.15, -0.1) is 0 Å². The highest BCUT2D eigenvalue weighted by Crippen LogP contribution is 2.13. The van der Waals surface area contributed by atoms with E-state index >= 15 is 0 Å². The number of amides is 2. The number of nitrogens with one attached hydrogen (secondary N) is 2. The van der Waals surface area contributed by atoms with Crippen LogP contribution >= 0.6 is 0 Å². The fraction of sp³-hybridized carbons (Fsp3) is 0.273. The summed E-state index contributed by atoms with van der Waals surface area (Å²) in [6.07, 6.45) is 3.09. The molecule has 2 aromatic rings. The Labute approximate surface area is 166 Å². The minimum atomic E-state index is -0.630. The van der Waals surface area contributed by atoms with Crippen LogP contribution in [0.4, 0.5) is 5.69 Å². The second-order valence-corrected chi connectivity index (χ2v) is 6.62. The molecule has 0 aromatic heterocycles. The van der Waals surface area contributed by atoms with Crippen molar-refractivity contribution in [1.82, 2.24) is 10.6 Å². The van der Waals surface area contributed by atoms with Gasteiger partial charge in [0.25, 0.3) is 0 Å². The zero-order chi connectivity index (χ0) is 20.5. The Morgan fingerprint density at radius 2 is 1.71 bits per heavy atom. The Balaban J connectivity index is 1.80. The van der Waals surface area contributed by atoms with Crippen LogP contribution in [-0.2, 0) is 16.1 Å². The van der Waals surface area contributed by atoms with Crippen LogP contribution in [0, 0.1) is 0 Å². The molecule has 6 heteroatoms. The quantitative estimate of drug-likeness (QED) is 0.690. The van der Waals surface area contributed by atoms with Gasteiger partial charge in [-0.2, -0.15) is 0 Å². The number of carbonyl (C=O) groups excluding carboxylic acids is 2. The fourth-order valence-electron chi connectivity index (χ4n) is 2.47. The third-order valence-electron chi connectivity index (χ3n) is 4.21. The first kappa shape index (κ1) is 21.0. The smallest absolute Gasteiger partial charge is 0.244 e. The van der Waals surface area contributed by atoms with Crippen LogP contribution in [-0.4, -0.2) is 39.1 Å². The first-order valence-corrected chi connectivity index (χ1v) is 9.05. The topological polar surface area (TPSA) is 70.7 Å². The van der Waals surface area contributed by atoms with Gasteiger partial charge in [0.2, 0.25) is 11.8 Å². The lowest BCUT2D eigenvalue weighted by Crippen LogP contribution is -2.44. The van der Waals surface area contributed by atoms with Gasteiger partial charge in [0.1, 0.15) is 11.8 Å². The number of benzene rings is 2. The molecule has 0 aliphatic rings. The largest absolute Gasteiger partial charge is 0.497 e. The summed E-state index contributed by atoms with van der Waals surface area (Å²) in [4.78, 5) is 26.2. The average molecular weight is 381 g/mol. The highest BCUT2D eigenvalue weighted by atomic mass is 16.5. The molecule has 0 aliphatic heterocycles. The summed E-state index contributed by atoms with van der Waals surface area (Å²) in [5.74, 6) is 0.194. The Morgan fingerprint density at radius 3 is 2.29 bits per heavy atom. The minimum absolute atomic E-state index is 0.233. The van der Waals surface area contributed by atoms with E-state index in [0.717, 1.165) is 22.6 Å². The second kappa shape index (κ2) is 10.2. The average Bonchev–Trinajstić information content (AvgIpc) is 2.71. The standard InChI is InChI=1S/C22H27N3O3/c1-16(22(27)23-15-18-5-10-19(11-6-18)25(2)3)24-21(26)14-9-17-7-12-20(28-4)13-8-17/h5-14,16H,15H2,1-4H3,(H,23,27)(H,24,26)/b14-9+. The van der Waals surface area contributed by atoms with Crippen molar-refractivity contribution < 1.29 is 14.3 Å². The van der Waals surface area contributed by atoms with Crippen LogP contribution in [0.3, 0.4) is 0 Å². The summed E-state index contributed by atoms with van der Waals surface area (Å²) in [5, 5.41) is 5.50. The van der Waals surface area contributed by atoms with Gasteiger partial charge < -0.3 is 20.3 Å². The number of methoxy groups -OCH3 is 1. The summed E-state index contributed by atoms with van der Waals surface area (Å²) in [6, 6.07) is 14.6. The number of hydrogen-bond donors (Lipinski definition) is 2. The highest BCUT2D eigenvalue weighted by molar-refractivity contribution is 5.95. The van der Waals surface area contributed by atoms with E-state index in [9.17, 15) is 9.59 Å². The third-order valence-corrected chi connectivity index (χ3v) is 4.21. The van der Waals surface area contributed by atoms with Gasteiger partial charge in [-0.05, 0) is 48.4 Å². The molecule has 1 unspecified atom stereocenters. The van der Waals surface area contributed by atoms with Gasteiger partial charge in [0.15, 0.2) is 0 Å². The number of anilines is 1. The van der Waals surface area contributed by atoms with Crippen molar-refractivity contribution in [3.8, 4) is 5.75 Å². The summed E-state index contributed by atoms with van der Waals surface area (Å²) in [6.45, 7) is 2.07. The van der Waals surface area contributed by atoms with E-state index in [-0.39, 0.29) is 11.8 Å². The van der Waals surface area contributed by atoms with Gasteiger partial charge in [-0.1, -0.05) is 24.3 Å². The van der Waals surface area contributed by atoms with Crippen molar-refractivity contribution >= 4 is 23.6 Å². The summed E-state index contributed by atoms with van der Waals surface area (Å²) in [7, 11) is 5.55. The van der Waals surface area contributed by atoms with E-state index in [1.54, 1.807) is 20.1 Å². The van der Waals surface area contributed by atoms with Crippen molar-refractivity contribution in [3.63, 3.8) is 0 Å². The van der Waals surface area contributed by atoms with Crippen molar-refractivity contribution in [2.24, 2.45) is 0 Å². The first-order chi connectivity index (χ1) is 13.4. The molecule has 0 heterocycles. The molecule has 0 saturated heterocycles. The highest BCUT2D eigenvalue weighted by Gasteiger charge is 2.13. The maximum atomic E-state index is 12.2. The number of nitrogens with zero attached hydrogens (tertiary/aromatic N) is 1. The molecule has 2 N–H and O–H groups in total. The Morgan fingerprint density at radius 1 is 1.07 bits per heavy atom. The lowest BCUT2D eigenvalue weighted by Gasteiger charge is -2.14. The van der Waals surface area contributed by atoms with E-state index in [1.165, 1.54) is 6.08 Å². The van der Waals surface area contributed by atoms with Crippen LogP contribution < -0.4 is 20.3 Å². The van der Waals surface area contributed by atoms with Gasteiger partial charge in [-0.3, -0.25) is 9.59 Å². The van der Waals surface area contributed by atoms with Gasteiger partial charge in [-0.25, -0.2) is 0 Å². The lowest BCUT2D eigenvalue weighted by atomic mass is 10.2. The molecule has 2 aromatic carbocycles. The van der Waals surface area contributed by atoms with Crippen LogP contribution in [0.15, 0.2) is 54.6 Å². The lowest BCUT2D eigenvalue weighted by molar-refractivity contribution is -0.126. The minimum Gasteiger partial charge on any atom is -0.497 e. The molecule has 28 heavy (non-hydrogen) atoms. The molecular weight excluding hydrogens is 354 g/mol. The molecule has 0 fully saturated rings. The maximum Gasteiger partial charge on any atom is 0.244 e. The van der Waals surface area contributed by atoms with E-state index in [1.807, 2.05) is 67.5 Å². The van der Waals surface area contributed by atoms with Crippen molar-refractivity contribution in [2.45, 2.75) is 19.5 Å². The van der Waals surface area contributed by atoms with Gasteiger partial charge >= 0.3 is 0 Å². The fourth-order valence-corrected chi connectivity index (χ4v) is 2.47. The zero-order valence-electron chi connectivity index (χ0n) is 16.7. The van der Waals surface area contributed by atoms with Gasteiger partial charge in [0, 0.05) is 32.4 Å². The summed E-state index contributed by atoms with van der Waals surface area (Å²) < 4.78 is 5.09. The summed E-state index contributed by atoms with van der Waals surface area (Å²) in [5.41, 5.74) is 2.96. The second-order valence-electron chi connectivity index (χ2n) is 6.62. The molecule has 0 bridgehead atoms. The van der Waals surface area contributed by atoms with Crippen molar-refractivity contribution in [3.05, 3.63) is 65.7 Å². The Bertz CT molecular complexity index is 812.